The van der Waals surface area contributed by atoms with Gasteiger partial charge in [0.05, 0.1) is 5.02 Å². The van der Waals surface area contributed by atoms with Crippen molar-refractivity contribution in [2.45, 2.75) is 23.8 Å². The number of aromatic nitrogens is 1. The van der Waals surface area contributed by atoms with Crippen molar-refractivity contribution in [1.29, 1.82) is 0 Å². The van der Waals surface area contributed by atoms with Gasteiger partial charge in [-0.25, -0.2) is 8.42 Å². The molecule has 2 rings (SSSR count). The molecule has 0 spiro atoms. The number of hydrogen-bond acceptors (Lipinski definition) is 4. The van der Waals surface area contributed by atoms with Gasteiger partial charge in [-0.1, -0.05) is 11.6 Å². The highest BCUT2D eigenvalue weighted by atomic mass is 35.5. The van der Waals surface area contributed by atoms with Crippen LogP contribution in [0.5, 0.6) is 0 Å². The molecule has 1 fully saturated rings. The van der Waals surface area contributed by atoms with Crippen LogP contribution in [0.2, 0.25) is 5.02 Å². The Morgan fingerprint density at radius 2 is 2.00 bits per heavy atom. The normalized spacial score (nSPS) is 19.4. The minimum Gasteiger partial charge on any atom is -0.328 e. The lowest BCUT2D eigenvalue weighted by Crippen LogP contribution is -2.42. The summed E-state index contributed by atoms with van der Waals surface area (Å²) in [5, 5.41) is 0.319. The van der Waals surface area contributed by atoms with Gasteiger partial charge in [-0.15, -0.1) is 0 Å². The molecule has 0 atom stereocenters. The molecular formula is C10H14ClN3O2S. The number of rotatable bonds is 2. The summed E-state index contributed by atoms with van der Waals surface area (Å²) in [6.07, 6.45) is 4.10. The van der Waals surface area contributed by atoms with Gasteiger partial charge >= 0.3 is 0 Å². The standard InChI is InChI=1S/C10H14ClN3O2S/c11-8-5-10(7-13-6-8)17(15,16)14-3-1-9(12)2-4-14/h5-7,9H,1-4,12H2. The number of pyridine rings is 1. The fraction of sp³-hybridized carbons (Fsp3) is 0.500. The smallest absolute Gasteiger partial charge is 0.244 e. The van der Waals surface area contributed by atoms with Crippen molar-refractivity contribution in [2.75, 3.05) is 13.1 Å². The van der Waals surface area contributed by atoms with Crippen LogP contribution in [0.1, 0.15) is 12.8 Å². The van der Waals surface area contributed by atoms with Gasteiger partial charge in [0.15, 0.2) is 0 Å². The van der Waals surface area contributed by atoms with Crippen LogP contribution in [0.15, 0.2) is 23.4 Å². The fourth-order valence-corrected chi connectivity index (χ4v) is 3.50. The van der Waals surface area contributed by atoms with Crippen LogP contribution < -0.4 is 5.73 Å². The number of nitrogens with two attached hydrogens (primary N) is 1. The van der Waals surface area contributed by atoms with E-state index in [0.29, 0.717) is 31.0 Å². The first-order valence-corrected chi connectivity index (χ1v) is 7.18. The summed E-state index contributed by atoms with van der Waals surface area (Å²) in [5.74, 6) is 0. The quantitative estimate of drug-likeness (QED) is 0.868. The van der Waals surface area contributed by atoms with Gasteiger partial charge in [0.1, 0.15) is 4.90 Å². The van der Waals surface area contributed by atoms with Gasteiger partial charge in [0, 0.05) is 31.5 Å². The predicted molar refractivity (Wildman–Crippen MR) is 65.2 cm³/mol. The van der Waals surface area contributed by atoms with Gasteiger partial charge in [0.2, 0.25) is 10.0 Å². The third-order valence-electron chi connectivity index (χ3n) is 2.82. The zero-order chi connectivity index (χ0) is 12.5. The highest BCUT2D eigenvalue weighted by molar-refractivity contribution is 7.89. The minimum absolute atomic E-state index is 0.0962. The summed E-state index contributed by atoms with van der Waals surface area (Å²) in [5.41, 5.74) is 5.75. The summed E-state index contributed by atoms with van der Waals surface area (Å²) in [7, 11) is -3.48. The Kier molecular flexibility index (Phi) is 3.67. The molecule has 0 radical (unpaired) electrons. The van der Waals surface area contributed by atoms with Crippen LogP contribution in [0.4, 0.5) is 0 Å². The van der Waals surface area contributed by atoms with E-state index in [2.05, 4.69) is 4.98 Å². The highest BCUT2D eigenvalue weighted by Gasteiger charge is 2.28. The first-order valence-electron chi connectivity index (χ1n) is 5.36. The molecule has 1 aliphatic heterocycles. The van der Waals surface area contributed by atoms with Gasteiger partial charge in [-0.3, -0.25) is 4.98 Å². The molecule has 0 aromatic carbocycles. The summed E-state index contributed by atoms with van der Waals surface area (Å²) < 4.78 is 25.9. The Morgan fingerprint density at radius 3 is 2.59 bits per heavy atom. The van der Waals surface area contributed by atoms with Crippen molar-refractivity contribution >= 4 is 21.6 Å². The second-order valence-electron chi connectivity index (χ2n) is 4.08. The Labute approximate surface area is 106 Å². The monoisotopic (exact) mass is 275 g/mol. The Bertz CT molecular complexity index is 498. The van der Waals surface area contributed by atoms with E-state index in [-0.39, 0.29) is 10.9 Å². The molecule has 0 amide bonds. The van der Waals surface area contributed by atoms with Gasteiger partial charge in [-0.2, -0.15) is 4.31 Å². The first-order chi connectivity index (χ1) is 8.00. The van der Waals surface area contributed by atoms with E-state index in [1.807, 2.05) is 0 Å². The summed E-state index contributed by atoms with van der Waals surface area (Å²) >= 11 is 5.75. The lowest BCUT2D eigenvalue weighted by Gasteiger charge is -2.29. The molecule has 5 nitrogen and oxygen atoms in total. The molecule has 2 N–H and O–H groups in total. The molecule has 17 heavy (non-hydrogen) atoms. The molecule has 1 saturated heterocycles. The van der Waals surface area contributed by atoms with Crippen molar-refractivity contribution in [2.24, 2.45) is 5.73 Å². The van der Waals surface area contributed by atoms with Crippen LogP contribution in [0.25, 0.3) is 0 Å². The van der Waals surface area contributed by atoms with Gasteiger partial charge in [0.25, 0.3) is 0 Å². The summed E-state index contributed by atoms with van der Waals surface area (Å²) in [4.78, 5) is 3.94. The number of hydrogen-bond donors (Lipinski definition) is 1. The zero-order valence-electron chi connectivity index (χ0n) is 9.21. The van der Waals surface area contributed by atoms with Crippen molar-refractivity contribution < 1.29 is 8.42 Å². The van der Waals surface area contributed by atoms with E-state index < -0.39 is 10.0 Å². The predicted octanol–water partition coefficient (Wildman–Crippen LogP) is 0.847. The number of halogens is 1. The third-order valence-corrected chi connectivity index (χ3v) is 4.89. The molecule has 94 valence electrons. The molecule has 1 aliphatic rings. The maximum absolute atomic E-state index is 12.2. The van der Waals surface area contributed by atoms with Crippen molar-refractivity contribution in [3.8, 4) is 0 Å². The number of sulfonamides is 1. The second kappa shape index (κ2) is 4.89. The molecule has 0 unspecified atom stereocenters. The average Bonchev–Trinajstić information content (AvgIpc) is 2.29. The first kappa shape index (κ1) is 12.8. The Morgan fingerprint density at radius 1 is 1.35 bits per heavy atom. The van der Waals surface area contributed by atoms with Crippen LogP contribution in [0.3, 0.4) is 0 Å². The SMILES string of the molecule is NC1CCN(S(=O)(=O)c2cncc(Cl)c2)CC1. The molecule has 0 bridgehead atoms. The number of piperidine rings is 1. The zero-order valence-corrected chi connectivity index (χ0v) is 10.8. The van der Waals surface area contributed by atoms with E-state index in [1.165, 1.54) is 22.8 Å². The maximum Gasteiger partial charge on any atom is 0.244 e. The van der Waals surface area contributed by atoms with E-state index >= 15 is 0 Å². The van der Waals surface area contributed by atoms with Crippen LogP contribution >= 0.6 is 11.6 Å². The maximum atomic E-state index is 12.2. The summed E-state index contributed by atoms with van der Waals surface area (Å²) in [6.45, 7) is 0.909. The van der Waals surface area contributed by atoms with Crippen LogP contribution in [0, 0.1) is 0 Å². The fourth-order valence-electron chi connectivity index (χ4n) is 1.80. The van der Waals surface area contributed by atoms with Crippen LogP contribution in [-0.4, -0.2) is 36.8 Å². The number of nitrogens with zero attached hydrogens (tertiary/aromatic N) is 2. The van der Waals surface area contributed by atoms with Crippen molar-refractivity contribution in [3.05, 3.63) is 23.5 Å². The molecule has 0 saturated carbocycles. The van der Waals surface area contributed by atoms with Crippen molar-refractivity contribution in [1.82, 2.24) is 9.29 Å². The van der Waals surface area contributed by atoms with Gasteiger partial charge < -0.3 is 5.73 Å². The molecule has 0 aliphatic carbocycles. The largest absolute Gasteiger partial charge is 0.328 e. The highest BCUT2D eigenvalue weighted by Crippen LogP contribution is 2.21. The second-order valence-corrected chi connectivity index (χ2v) is 6.45. The average molecular weight is 276 g/mol. The van der Waals surface area contributed by atoms with E-state index in [1.54, 1.807) is 0 Å². The lowest BCUT2D eigenvalue weighted by molar-refractivity contribution is 0.320. The topological polar surface area (TPSA) is 76.3 Å². The molecule has 1 aromatic rings. The van der Waals surface area contributed by atoms with Gasteiger partial charge in [-0.05, 0) is 18.9 Å². The van der Waals surface area contributed by atoms with Crippen molar-refractivity contribution in [3.63, 3.8) is 0 Å². The molecule has 7 heteroatoms. The molecule has 1 aromatic heterocycles. The van der Waals surface area contributed by atoms with E-state index in [4.69, 9.17) is 17.3 Å². The van der Waals surface area contributed by atoms with E-state index in [9.17, 15) is 8.42 Å². The van der Waals surface area contributed by atoms with Crippen LogP contribution in [-0.2, 0) is 10.0 Å². The Balaban J connectivity index is 2.25. The lowest BCUT2D eigenvalue weighted by atomic mass is 10.1. The minimum atomic E-state index is -3.48. The van der Waals surface area contributed by atoms with E-state index in [0.717, 1.165) is 0 Å². The summed E-state index contributed by atoms with van der Waals surface area (Å²) in [6, 6.07) is 1.51. The molecule has 2 heterocycles. The molecular weight excluding hydrogens is 262 g/mol. The third kappa shape index (κ3) is 2.77. The Hall–Kier alpha value is -0.690.